The van der Waals surface area contributed by atoms with Crippen LogP contribution in [0.25, 0.3) is 0 Å². The summed E-state index contributed by atoms with van der Waals surface area (Å²) in [5.41, 5.74) is 0.746. The summed E-state index contributed by atoms with van der Waals surface area (Å²) < 4.78 is 1.11. The molecular weight excluding hydrogens is 292 g/mol. The number of halogens is 1. The van der Waals surface area contributed by atoms with Gasteiger partial charge in [-0.3, -0.25) is 4.90 Å². The third-order valence-corrected chi connectivity index (χ3v) is 3.93. The van der Waals surface area contributed by atoms with Crippen LogP contribution >= 0.6 is 15.9 Å². The highest BCUT2D eigenvalue weighted by atomic mass is 79.9. The fraction of sp³-hybridized carbons (Fsp3) is 0.571. The normalized spacial score (nSPS) is 19.1. The minimum absolute atomic E-state index is 0.522. The van der Waals surface area contributed by atoms with Gasteiger partial charge in [0.05, 0.1) is 5.60 Å². The van der Waals surface area contributed by atoms with Crippen LogP contribution in [0.1, 0.15) is 18.4 Å². The number of likely N-dealkylation sites (N-methyl/N-ethyl adjacent to an activating group) is 1. The highest BCUT2D eigenvalue weighted by Crippen LogP contribution is 2.20. The lowest BCUT2D eigenvalue weighted by molar-refractivity contribution is -0.0168. The summed E-state index contributed by atoms with van der Waals surface area (Å²) in [5, 5.41) is 13.8. The van der Waals surface area contributed by atoms with Crippen molar-refractivity contribution in [3.05, 3.63) is 34.3 Å². The lowest BCUT2D eigenvalue weighted by Crippen LogP contribution is -2.48. The second-order valence-corrected chi connectivity index (χ2v) is 6.19. The number of aliphatic hydroxyl groups is 1. The molecule has 4 heteroatoms. The molecule has 1 aliphatic rings. The molecule has 18 heavy (non-hydrogen) atoms. The van der Waals surface area contributed by atoms with E-state index in [1.54, 1.807) is 0 Å². The largest absolute Gasteiger partial charge is 0.388 e. The Labute approximate surface area is 117 Å². The van der Waals surface area contributed by atoms with Gasteiger partial charge in [0, 0.05) is 17.6 Å². The van der Waals surface area contributed by atoms with E-state index in [9.17, 15) is 5.11 Å². The quantitative estimate of drug-likeness (QED) is 0.892. The maximum Gasteiger partial charge on any atom is 0.0798 e. The minimum atomic E-state index is -0.522. The van der Waals surface area contributed by atoms with Gasteiger partial charge in [0.25, 0.3) is 0 Å². The van der Waals surface area contributed by atoms with Gasteiger partial charge in [-0.15, -0.1) is 0 Å². The molecule has 100 valence electrons. The number of hydrogen-bond acceptors (Lipinski definition) is 3. The molecular formula is C14H21BrN2O. The number of piperidine rings is 1. The van der Waals surface area contributed by atoms with Gasteiger partial charge in [0.2, 0.25) is 0 Å². The smallest absolute Gasteiger partial charge is 0.0798 e. The Morgan fingerprint density at radius 2 is 2.11 bits per heavy atom. The average Bonchev–Trinajstić information content (AvgIpc) is 2.28. The molecule has 0 bridgehead atoms. The van der Waals surface area contributed by atoms with Crippen LogP contribution in [0.15, 0.2) is 28.7 Å². The van der Waals surface area contributed by atoms with Gasteiger partial charge in [-0.25, -0.2) is 0 Å². The van der Waals surface area contributed by atoms with Gasteiger partial charge < -0.3 is 10.4 Å². The van der Waals surface area contributed by atoms with E-state index in [1.165, 1.54) is 5.56 Å². The molecule has 1 heterocycles. The molecule has 1 fully saturated rings. The van der Waals surface area contributed by atoms with Crippen molar-refractivity contribution >= 4 is 15.9 Å². The molecule has 2 rings (SSSR count). The van der Waals surface area contributed by atoms with Gasteiger partial charge in [-0.05, 0) is 50.7 Å². The van der Waals surface area contributed by atoms with E-state index < -0.39 is 5.60 Å². The van der Waals surface area contributed by atoms with E-state index in [0.717, 1.165) is 43.5 Å². The Morgan fingerprint density at radius 3 is 2.78 bits per heavy atom. The molecule has 0 radical (unpaired) electrons. The highest BCUT2D eigenvalue weighted by molar-refractivity contribution is 9.10. The number of rotatable bonds is 4. The van der Waals surface area contributed by atoms with Crippen molar-refractivity contribution in [2.45, 2.75) is 25.0 Å². The summed E-state index contributed by atoms with van der Waals surface area (Å²) in [6.07, 6.45) is 1.69. The first-order valence-electron chi connectivity index (χ1n) is 6.43. The standard InChI is InChI=1S/C14H21BrN2O/c1-17(10-12-3-2-4-13(15)9-12)11-14(18)5-7-16-8-6-14/h2-4,9,16,18H,5-8,10-11H2,1H3. The zero-order valence-corrected chi connectivity index (χ0v) is 12.4. The maximum atomic E-state index is 10.5. The molecule has 3 nitrogen and oxygen atoms in total. The number of hydrogen-bond donors (Lipinski definition) is 2. The zero-order valence-electron chi connectivity index (χ0n) is 10.8. The SMILES string of the molecule is CN(Cc1cccc(Br)c1)CC1(O)CCNCC1. The molecule has 1 aromatic carbocycles. The number of benzene rings is 1. The number of nitrogens with zero attached hydrogens (tertiary/aromatic N) is 1. The second-order valence-electron chi connectivity index (χ2n) is 5.28. The first-order chi connectivity index (χ1) is 8.57. The fourth-order valence-corrected chi connectivity index (χ4v) is 3.00. The Morgan fingerprint density at radius 1 is 1.39 bits per heavy atom. The van der Waals surface area contributed by atoms with E-state index >= 15 is 0 Å². The summed E-state index contributed by atoms with van der Waals surface area (Å²) in [7, 11) is 2.07. The molecule has 0 saturated carbocycles. The topological polar surface area (TPSA) is 35.5 Å². The summed E-state index contributed by atoms with van der Waals surface area (Å²) in [6, 6.07) is 8.33. The second kappa shape index (κ2) is 6.15. The van der Waals surface area contributed by atoms with E-state index in [0.29, 0.717) is 0 Å². The van der Waals surface area contributed by atoms with Gasteiger partial charge in [-0.2, -0.15) is 0 Å². The van der Waals surface area contributed by atoms with Crippen molar-refractivity contribution in [3.63, 3.8) is 0 Å². The third kappa shape index (κ3) is 4.05. The molecule has 2 N–H and O–H groups in total. The van der Waals surface area contributed by atoms with Crippen LogP contribution in [0, 0.1) is 0 Å². The highest BCUT2D eigenvalue weighted by Gasteiger charge is 2.30. The minimum Gasteiger partial charge on any atom is -0.388 e. The zero-order chi connectivity index (χ0) is 13.0. The van der Waals surface area contributed by atoms with Crippen molar-refractivity contribution < 1.29 is 5.11 Å². The van der Waals surface area contributed by atoms with Gasteiger partial charge in [0.15, 0.2) is 0 Å². The molecule has 0 atom stereocenters. The summed E-state index contributed by atoms with van der Waals surface area (Å²) >= 11 is 3.48. The summed E-state index contributed by atoms with van der Waals surface area (Å²) in [5.74, 6) is 0. The lowest BCUT2D eigenvalue weighted by atomic mass is 9.92. The van der Waals surface area contributed by atoms with Crippen LogP contribution in [0.5, 0.6) is 0 Å². The molecule has 1 saturated heterocycles. The molecule has 0 unspecified atom stereocenters. The fourth-order valence-electron chi connectivity index (χ4n) is 2.56. The van der Waals surface area contributed by atoms with Crippen LogP contribution in [0.3, 0.4) is 0 Å². The first kappa shape index (κ1) is 14.0. The van der Waals surface area contributed by atoms with E-state index in [2.05, 4.69) is 45.3 Å². The van der Waals surface area contributed by atoms with Gasteiger partial charge in [0.1, 0.15) is 0 Å². The van der Waals surface area contributed by atoms with Crippen molar-refractivity contribution in [1.29, 1.82) is 0 Å². The molecule has 0 spiro atoms. The molecule has 1 aromatic rings. The molecule has 0 amide bonds. The molecule has 0 aliphatic carbocycles. The van der Waals surface area contributed by atoms with Gasteiger partial charge >= 0.3 is 0 Å². The van der Waals surface area contributed by atoms with E-state index in [1.807, 2.05) is 12.1 Å². The van der Waals surface area contributed by atoms with Crippen LogP contribution in [-0.4, -0.2) is 42.3 Å². The maximum absolute atomic E-state index is 10.5. The average molecular weight is 313 g/mol. The van der Waals surface area contributed by atoms with Crippen LogP contribution in [0.2, 0.25) is 0 Å². The van der Waals surface area contributed by atoms with Crippen molar-refractivity contribution in [1.82, 2.24) is 10.2 Å². The monoisotopic (exact) mass is 312 g/mol. The van der Waals surface area contributed by atoms with Crippen LogP contribution in [-0.2, 0) is 6.54 Å². The Balaban J connectivity index is 1.90. The van der Waals surface area contributed by atoms with E-state index in [4.69, 9.17) is 0 Å². The van der Waals surface area contributed by atoms with Gasteiger partial charge in [-0.1, -0.05) is 28.1 Å². The van der Waals surface area contributed by atoms with Crippen molar-refractivity contribution in [2.24, 2.45) is 0 Å². The Kier molecular flexibility index (Phi) is 4.78. The predicted octanol–water partition coefficient (Wildman–Crippen LogP) is 2.00. The molecule has 1 aliphatic heterocycles. The molecule has 0 aromatic heterocycles. The predicted molar refractivity (Wildman–Crippen MR) is 77.5 cm³/mol. The van der Waals surface area contributed by atoms with Crippen molar-refractivity contribution in [3.8, 4) is 0 Å². The first-order valence-corrected chi connectivity index (χ1v) is 7.23. The Hall–Kier alpha value is -0.420. The van der Waals surface area contributed by atoms with Crippen LogP contribution < -0.4 is 5.32 Å². The Bertz CT molecular complexity index is 391. The lowest BCUT2D eigenvalue weighted by Gasteiger charge is -2.36. The van der Waals surface area contributed by atoms with Crippen LogP contribution in [0.4, 0.5) is 0 Å². The summed E-state index contributed by atoms with van der Waals surface area (Å²) in [4.78, 5) is 2.20. The van der Waals surface area contributed by atoms with Crippen molar-refractivity contribution in [2.75, 3.05) is 26.7 Å². The summed E-state index contributed by atoms with van der Waals surface area (Å²) in [6.45, 7) is 3.44. The third-order valence-electron chi connectivity index (χ3n) is 3.44. The number of nitrogens with one attached hydrogen (secondary N) is 1. The van der Waals surface area contributed by atoms with E-state index in [-0.39, 0.29) is 0 Å².